The summed E-state index contributed by atoms with van der Waals surface area (Å²) in [6.07, 6.45) is 0. The lowest BCUT2D eigenvalue weighted by molar-refractivity contribution is 0.768. The maximum atomic E-state index is 5.43. The van der Waals surface area contributed by atoms with Crippen LogP contribution in [0, 0.1) is 0 Å². The van der Waals surface area contributed by atoms with Crippen LogP contribution in [-0.2, 0) is 5.41 Å². The third-order valence-electron chi connectivity index (χ3n) is 12.5. The lowest BCUT2D eigenvalue weighted by atomic mass is 9.67. The van der Waals surface area contributed by atoms with Gasteiger partial charge in [-0.05, 0) is 63.7 Å². The average Bonchev–Trinajstić information content (AvgIpc) is 4.01. The number of benzene rings is 8. The van der Waals surface area contributed by atoms with E-state index in [0.29, 0.717) is 17.5 Å². The van der Waals surface area contributed by atoms with Crippen molar-refractivity contribution in [3.05, 3.63) is 222 Å². The first-order chi connectivity index (χ1) is 30.3. The molecule has 0 atom stereocenters. The fourth-order valence-corrected chi connectivity index (χ4v) is 11.2. The van der Waals surface area contributed by atoms with E-state index in [1.165, 1.54) is 42.6 Å². The molecule has 1 aliphatic carbocycles. The predicted octanol–water partition coefficient (Wildman–Crippen LogP) is 13.6. The number of para-hydroxylation sites is 2. The van der Waals surface area contributed by atoms with E-state index in [1.54, 1.807) is 0 Å². The second-order valence-corrected chi connectivity index (χ2v) is 16.8. The first-order valence-corrected chi connectivity index (χ1v) is 21.4. The number of pyridine rings is 1. The summed E-state index contributed by atoms with van der Waals surface area (Å²) >= 11 is 1.82. The minimum atomic E-state index is -0.541. The van der Waals surface area contributed by atoms with Crippen molar-refractivity contribution < 1.29 is 0 Å². The molecule has 284 valence electrons. The highest BCUT2D eigenvalue weighted by molar-refractivity contribution is 7.26. The van der Waals surface area contributed by atoms with Crippen LogP contribution in [0.4, 0.5) is 0 Å². The third-order valence-corrected chi connectivity index (χ3v) is 13.7. The van der Waals surface area contributed by atoms with E-state index in [0.717, 1.165) is 55.2 Å². The molecule has 0 radical (unpaired) electrons. The summed E-state index contributed by atoms with van der Waals surface area (Å²) in [7, 11) is 0. The normalized spacial score (nSPS) is 13.0. The number of hydrogen-bond acceptors (Lipinski definition) is 5. The second-order valence-electron chi connectivity index (χ2n) is 15.7. The molecule has 0 bridgehead atoms. The van der Waals surface area contributed by atoms with Crippen molar-refractivity contribution in [3.63, 3.8) is 0 Å². The van der Waals surface area contributed by atoms with E-state index < -0.39 is 5.41 Å². The highest BCUT2D eigenvalue weighted by Crippen LogP contribution is 2.58. The van der Waals surface area contributed by atoms with Crippen LogP contribution in [0.1, 0.15) is 22.3 Å². The number of rotatable bonds is 5. The van der Waals surface area contributed by atoms with Gasteiger partial charge in [0.1, 0.15) is 5.65 Å². The monoisotopic (exact) mass is 795 g/mol. The summed E-state index contributed by atoms with van der Waals surface area (Å²) < 4.78 is 4.78. The fraction of sp³-hybridized carbons (Fsp3) is 0.0182. The summed E-state index contributed by atoms with van der Waals surface area (Å²) in [6.45, 7) is 0. The maximum absolute atomic E-state index is 5.43. The van der Waals surface area contributed by atoms with Gasteiger partial charge in [0.05, 0.1) is 26.7 Å². The number of hydrogen-bond donors (Lipinski definition) is 0. The average molecular weight is 796 g/mol. The molecule has 0 amide bonds. The molecule has 13 rings (SSSR count). The highest BCUT2D eigenvalue weighted by atomic mass is 32.1. The fourth-order valence-electron chi connectivity index (χ4n) is 9.96. The van der Waals surface area contributed by atoms with Crippen LogP contribution in [0.25, 0.3) is 93.0 Å². The molecule has 1 aliphatic rings. The Kier molecular flexibility index (Phi) is 7.32. The van der Waals surface area contributed by atoms with Crippen molar-refractivity contribution in [3.8, 4) is 45.3 Å². The summed E-state index contributed by atoms with van der Waals surface area (Å²) in [5, 5.41) is 3.50. The molecule has 0 fully saturated rings. The van der Waals surface area contributed by atoms with Gasteiger partial charge in [-0.2, -0.15) is 0 Å². The van der Waals surface area contributed by atoms with Crippen LogP contribution in [0.2, 0.25) is 0 Å². The lowest BCUT2D eigenvalue weighted by Crippen LogP contribution is -2.28. The van der Waals surface area contributed by atoms with Crippen molar-refractivity contribution in [1.82, 2.24) is 24.3 Å². The standard InChI is InChI=1S/C55H33N5S/c1-4-17-34(18-5-1)51-57-52(35-31-32-47-42(33-35)49-50(61-47)38-23-10-11-24-39(38)54-56-45-29-14-15-30-46(45)60(49)54)59-53(58-51)41-26-16-28-44-48(41)40-25-12-13-27-43(40)55(44,36-19-6-2-7-20-36)37-21-8-3-9-22-37/h1-33H. The van der Waals surface area contributed by atoms with Crippen molar-refractivity contribution in [1.29, 1.82) is 0 Å². The van der Waals surface area contributed by atoms with E-state index in [2.05, 4.69) is 186 Å². The predicted molar refractivity (Wildman–Crippen MR) is 250 cm³/mol. The van der Waals surface area contributed by atoms with Crippen LogP contribution < -0.4 is 0 Å². The third kappa shape index (κ3) is 4.88. The number of fused-ring (bicyclic) bond motifs is 13. The molecule has 0 saturated heterocycles. The SMILES string of the molecule is c1ccc(-c2nc(-c3ccc4sc5c6ccccc6c6nc7ccccc7n6c5c4c3)nc(-c3cccc4c3-c3ccccc3C4(c3ccccc3)c3ccccc3)n2)cc1. The Labute approximate surface area is 354 Å². The Bertz CT molecular complexity index is 3670. The van der Waals surface area contributed by atoms with Gasteiger partial charge in [0.2, 0.25) is 0 Å². The summed E-state index contributed by atoms with van der Waals surface area (Å²) in [6, 6.07) is 71.2. The van der Waals surface area contributed by atoms with Crippen molar-refractivity contribution in [2.45, 2.75) is 5.41 Å². The number of aromatic nitrogens is 5. The zero-order valence-corrected chi connectivity index (χ0v) is 33.5. The Balaban J connectivity index is 1.09. The quantitative estimate of drug-likeness (QED) is 0.174. The number of imidazole rings is 1. The molecule has 5 nitrogen and oxygen atoms in total. The zero-order valence-electron chi connectivity index (χ0n) is 32.7. The minimum Gasteiger partial charge on any atom is -0.290 e. The molecule has 12 aromatic rings. The number of nitrogens with zero attached hydrogens (tertiary/aromatic N) is 5. The summed E-state index contributed by atoms with van der Waals surface area (Å²) in [5.41, 5.74) is 13.7. The molecule has 6 heteroatoms. The van der Waals surface area contributed by atoms with E-state index in [1.807, 2.05) is 29.5 Å². The number of thiophene rings is 1. The van der Waals surface area contributed by atoms with Gasteiger partial charge in [-0.15, -0.1) is 11.3 Å². The molecular weight excluding hydrogens is 763 g/mol. The first-order valence-electron chi connectivity index (χ1n) is 20.6. The van der Waals surface area contributed by atoms with Gasteiger partial charge in [-0.25, -0.2) is 19.9 Å². The Morgan fingerprint density at radius 1 is 0.426 bits per heavy atom. The highest BCUT2D eigenvalue weighted by Gasteiger charge is 2.47. The van der Waals surface area contributed by atoms with Gasteiger partial charge >= 0.3 is 0 Å². The topological polar surface area (TPSA) is 56.0 Å². The van der Waals surface area contributed by atoms with E-state index in [-0.39, 0.29) is 0 Å². The molecule has 0 unspecified atom stereocenters. The molecule has 0 N–H and O–H groups in total. The largest absolute Gasteiger partial charge is 0.290 e. The van der Waals surface area contributed by atoms with Gasteiger partial charge in [0.15, 0.2) is 17.5 Å². The van der Waals surface area contributed by atoms with Crippen LogP contribution in [-0.4, -0.2) is 24.3 Å². The van der Waals surface area contributed by atoms with Gasteiger partial charge in [-0.1, -0.05) is 170 Å². The van der Waals surface area contributed by atoms with E-state index >= 15 is 0 Å². The van der Waals surface area contributed by atoms with Gasteiger partial charge in [-0.3, -0.25) is 4.40 Å². The van der Waals surface area contributed by atoms with Crippen LogP contribution in [0.5, 0.6) is 0 Å². The van der Waals surface area contributed by atoms with Crippen LogP contribution >= 0.6 is 11.3 Å². The Hall–Kier alpha value is -7.80. The molecular formula is C55H33N5S. The molecule has 61 heavy (non-hydrogen) atoms. The lowest BCUT2D eigenvalue weighted by Gasteiger charge is -2.33. The first kappa shape index (κ1) is 34.1. The van der Waals surface area contributed by atoms with Gasteiger partial charge < -0.3 is 0 Å². The Morgan fingerprint density at radius 3 is 1.82 bits per heavy atom. The minimum absolute atomic E-state index is 0.541. The molecule has 0 aliphatic heterocycles. The van der Waals surface area contributed by atoms with E-state index in [4.69, 9.17) is 19.9 Å². The van der Waals surface area contributed by atoms with Crippen LogP contribution in [0.3, 0.4) is 0 Å². The summed E-state index contributed by atoms with van der Waals surface area (Å²) in [4.78, 5) is 21.2. The summed E-state index contributed by atoms with van der Waals surface area (Å²) in [5.74, 6) is 1.89. The van der Waals surface area contributed by atoms with Crippen LogP contribution in [0.15, 0.2) is 200 Å². The Morgan fingerprint density at radius 2 is 1.03 bits per heavy atom. The molecule has 0 saturated carbocycles. The smallest absolute Gasteiger partial charge is 0.164 e. The van der Waals surface area contributed by atoms with Gasteiger partial charge in [0.25, 0.3) is 0 Å². The molecule has 4 heterocycles. The van der Waals surface area contributed by atoms with Crippen molar-refractivity contribution in [2.75, 3.05) is 0 Å². The molecule has 8 aromatic carbocycles. The maximum Gasteiger partial charge on any atom is 0.164 e. The zero-order chi connectivity index (χ0) is 40.1. The van der Waals surface area contributed by atoms with Crippen molar-refractivity contribution >= 4 is 59.1 Å². The van der Waals surface area contributed by atoms with Crippen molar-refractivity contribution in [2.24, 2.45) is 0 Å². The van der Waals surface area contributed by atoms with E-state index in [9.17, 15) is 0 Å². The van der Waals surface area contributed by atoms with Gasteiger partial charge in [0, 0.05) is 37.5 Å². The molecule has 0 spiro atoms. The molecule has 4 aromatic heterocycles. The second kappa shape index (κ2) is 13.1.